The molecule has 1 atom stereocenters. The van der Waals surface area contributed by atoms with Crippen LogP contribution in [0.1, 0.15) is 43.1 Å². The number of aliphatic hydroxyl groups excluding tert-OH is 1. The third-order valence-corrected chi connectivity index (χ3v) is 4.34. The Morgan fingerprint density at radius 3 is 2.82 bits per heavy atom. The van der Waals surface area contributed by atoms with E-state index in [0.717, 1.165) is 31.5 Å². The molecule has 1 N–H and O–H groups in total. The molecule has 1 aromatic rings. The fourth-order valence-electron chi connectivity index (χ4n) is 3.06. The number of aliphatic hydroxyl groups is 1. The zero-order chi connectivity index (χ0) is 15.2. The SMILES string of the molecule is OCc1ccnc([C@H]2CC[C@H](OCC3COCCO3)CC2)n1. The van der Waals surface area contributed by atoms with Gasteiger partial charge in [0.1, 0.15) is 11.9 Å². The van der Waals surface area contributed by atoms with Gasteiger partial charge in [0.05, 0.1) is 44.8 Å². The van der Waals surface area contributed by atoms with Crippen LogP contribution in [0.4, 0.5) is 0 Å². The second-order valence-corrected chi connectivity index (χ2v) is 5.94. The van der Waals surface area contributed by atoms with E-state index in [1.807, 2.05) is 0 Å². The molecule has 1 saturated carbocycles. The number of aromatic nitrogens is 2. The van der Waals surface area contributed by atoms with Crippen LogP contribution in [-0.4, -0.2) is 53.7 Å². The third kappa shape index (κ3) is 4.23. The molecule has 0 radical (unpaired) electrons. The molecule has 6 nitrogen and oxygen atoms in total. The molecule has 0 bridgehead atoms. The average Bonchev–Trinajstić information content (AvgIpc) is 2.61. The van der Waals surface area contributed by atoms with Crippen molar-refractivity contribution in [2.45, 2.75) is 50.4 Å². The van der Waals surface area contributed by atoms with Gasteiger partial charge in [-0.25, -0.2) is 9.97 Å². The molecule has 2 heterocycles. The normalized spacial score (nSPS) is 29.4. The standard InChI is InChI=1S/C16H24N2O4/c19-9-13-5-6-17-16(18-13)12-1-3-14(4-2-12)22-11-15-10-20-7-8-21-15/h5-6,12,14-15,19H,1-4,7-11H2/t12-,14-,15?. The van der Waals surface area contributed by atoms with E-state index in [1.165, 1.54) is 0 Å². The van der Waals surface area contributed by atoms with Gasteiger partial charge in [-0.2, -0.15) is 0 Å². The molecule has 1 aromatic heterocycles. The topological polar surface area (TPSA) is 73.7 Å². The van der Waals surface area contributed by atoms with Crippen molar-refractivity contribution in [2.24, 2.45) is 0 Å². The highest BCUT2D eigenvalue weighted by atomic mass is 16.6. The van der Waals surface area contributed by atoms with Gasteiger partial charge in [-0.1, -0.05) is 0 Å². The Labute approximate surface area is 130 Å². The van der Waals surface area contributed by atoms with Gasteiger partial charge in [0.25, 0.3) is 0 Å². The van der Waals surface area contributed by atoms with Crippen LogP contribution in [-0.2, 0) is 20.8 Å². The van der Waals surface area contributed by atoms with Crippen LogP contribution in [0.3, 0.4) is 0 Å². The highest BCUT2D eigenvalue weighted by Crippen LogP contribution is 2.32. The van der Waals surface area contributed by atoms with Gasteiger partial charge < -0.3 is 19.3 Å². The summed E-state index contributed by atoms with van der Waals surface area (Å²) >= 11 is 0. The summed E-state index contributed by atoms with van der Waals surface area (Å²) in [4.78, 5) is 8.78. The molecule has 22 heavy (non-hydrogen) atoms. The molecule has 2 aliphatic rings. The maximum atomic E-state index is 9.16. The second-order valence-electron chi connectivity index (χ2n) is 5.94. The predicted molar refractivity (Wildman–Crippen MR) is 79.5 cm³/mol. The average molecular weight is 308 g/mol. The second kappa shape index (κ2) is 7.97. The lowest BCUT2D eigenvalue weighted by Crippen LogP contribution is -2.34. The van der Waals surface area contributed by atoms with Crippen LogP contribution < -0.4 is 0 Å². The number of hydrogen-bond donors (Lipinski definition) is 1. The highest BCUT2D eigenvalue weighted by molar-refractivity contribution is 5.05. The first-order valence-electron chi connectivity index (χ1n) is 8.09. The van der Waals surface area contributed by atoms with Crippen LogP contribution in [0.2, 0.25) is 0 Å². The lowest BCUT2D eigenvalue weighted by Gasteiger charge is -2.30. The number of rotatable bonds is 5. The van der Waals surface area contributed by atoms with E-state index in [9.17, 15) is 0 Å². The van der Waals surface area contributed by atoms with E-state index in [0.29, 0.717) is 44.1 Å². The zero-order valence-corrected chi connectivity index (χ0v) is 12.8. The van der Waals surface area contributed by atoms with Gasteiger partial charge in [0.2, 0.25) is 0 Å². The quantitative estimate of drug-likeness (QED) is 0.887. The summed E-state index contributed by atoms with van der Waals surface area (Å²) in [5.74, 6) is 1.23. The fourth-order valence-corrected chi connectivity index (χ4v) is 3.06. The molecule has 2 fully saturated rings. The van der Waals surface area contributed by atoms with Crippen LogP contribution >= 0.6 is 0 Å². The number of nitrogens with zero attached hydrogens (tertiary/aromatic N) is 2. The number of hydrogen-bond acceptors (Lipinski definition) is 6. The smallest absolute Gasteiger partial charge is 0.131 e. The molecule has 0 amide bonds. The van der Waals surface area contributed by atoms with Gasteiger partial charge in [-0.15, -0.1) is 0 Å². The van der Waals surface area contributed by atoms with Crippen molar-refractivity contribution in [2.75, 3.05) is 26.4 Å². The Hall–Kier alpha value is -1.08. The maximum absolute atomic E-state index is 9.16. The first-order valence-corrected chi connectivity index (χ1v) is 8.09. The summed E-state index contributed by atoms with van der Waals surface area (Å²) in [7, 11) is 0. The van der Waals surface area contributed by atoms with E-state index >= 15 is 0 Å². The van der Waals surface area contributed by atoms with Crippen molar-refractivity contribution < 1.29 is 19.3 Å². The highest BCUT2D eigenvalue weighted by Gasteiger charge is 2.26. The van der Waals surface area contributed by atoms with Crippen LogP contribution in [0.15, 0.2) is 12.3 Å². The third-order valence-electron chi connectivity index (χ3n) is 4.34. The zero-order valence-electron chi connectivity index (χ0n) is 12.8. The van der Waals surface area contributed by atoms with Gasteiger partial charge in [0.15, 0.2) is 0 Å². The molecular weight excluding hydrogens is 284 g/mol. The Balaban J connectivity index is 1.43. The molecule has 122 valence electrons. The van der Waals surface area contributed by atoms with Crippen molar-refractivity contribution in [3.05, 3.63) is 23.8 Å². The molecule has 3 rings (SSSR count). The Bertz CT molecular complexity index is 457. The van der Waals surface area contributed by atoms with Crippen molar-refractivity contribution in [1.82, 2.24) is 9.97 Å². The molecular formula is C16H24N2O4. The summed E-state index contributed by atoms with van der Waals surface area (Å²) in [5.41, 5.74) is 0.692. The van der Waals surface area contributed by atoms with Crippen LogP contribution in [0, 0.1) is 0 Å². The lowest BCUT2D eigenvalue weighted by molar-refractivity contribution is -0.128. The van der Waals surface area contributed by atoms with Crippen LogP contribution in [0.5, 0.6) is 0 Å². The molecule has 1 aliphatic heterocycles. The number of ether oxygens (including phenoxy) is 3. The fraction of sp³-hybridized carbons (Fsp3) is 0.750. The Morgan fingerprint density at radius 2 is 2.09 bits per heavy atom. The molecule has 0 spiro atoms. The van der Waals surface area contributed by atoms with Crippen molar-refractivity contribution in [3.8, 4) is 0 Å². The largest absolute Gasteiger partial charge is 0.390 e. The van der Waals surface area contributed by atoms with Crippen molar-refractivity contribution in [3.63, 3.8) is 0 Å². The van der Waals surface area contributed by atoms with Crippen molar-refractivity contribution >= 4 is 0 Å². The molecule has 6 heteroatoms. The van der Waals surface area contributed by atoms with E-state index in [-0.39, 0.29) is 12.7 Å². The van der Waals surface area contributed by atoms with Gasteiger partial charge >= 0.3 is 0 Å². The summed E-state index contributed by atoms with van der Waals surface area (Å²) in [6.45, 7) is 2.58. The predicted octanol–water partition coefficient (Wildman–Crippen LogP) is 1.43. The molecule has 1 unspecified atom stereocenters. The van der Waals surface area contributed by atoms with Gasteiger partial charge in [-0.3, -0.25) is 0 Å². The monoisotopic (exact) mass is 308 g/mol. The van der Waals surface area contributed by atoms with E-state index in [2.05, 4.69) is 9.97 Å². The van der Waals surface area contributed by atoms with E-state index in [4.69, 9.17) is 19.3 Å². The molecule has 1 aliphatic carbocycles. The lowest BCUT2D eigenvalue weighted by atomic mass is 9.86. The minimum Gasteiger partial charge on any atom is -0.390 e. The van der Waals surface area contributed by atoms with E-state index in [1.54, 1.807) is 12.3 Å². The van der Waals surface area contributed by atoms with Crippen molar-refractivity contribution in [1.29, 1.82) is 0 Å². The summed E-state index contributed by atoms with van der Waals surface area (Å²) < 4.78 is 16.9. The Morgan fingerprint density at radius 1 is 1.23 bits per heavy atom. The van der Waals surface area contributed by atoms with Crippen LogP contribution in [0.25, 0.3) is 0 Å². The van der Waals surface area contributed by atoms with Gasteiger partial charge in [-0.05, 0) is 31.7 Å². The minimum atomic E-state index is -0.0303. The Kier molecular flexibility index (Phi) is 5.72. The molecule has 1 saturated heterocycles. The summed E-state index contributed by atoms with van der Waals surface area (Å²) in [5, 5.41) is 9.16. The molecule has 0 aromatic carbocycles. The van der Waals surface area contributed by atoms with E-state index < -0.39 is 0 Å². The summed E-state index contributed by atoms with van der Waals surface area (Å²) in [6, 6.07) is 1.75. The maximum Gasteiger partial charge on any atom is 0.131 e. The first kappa shape index (κ1) is 15.8. The minimum absolute atomic E-state index is 0.0303. The summed E-state index contributed by atoms with van der Waals surface area (Å²) in [6.07, 6.45) is 6.20. The first-order chi connectivity index (χ1) is 10.8. The van der Waals surface area contributed by atoms with Gasteiger partial charge in [0, 0.05) is 12.1 Å².